The van der Waals surface area contributed by atoms with Gasteiger partial charge in [-0.1, -0.05) is 28.9 Å². The van der Waals surface area contributed by atoms with Gasteiger partial charge in [-0.3, -0.25) is 11.3 Å². The van der Waals surface area contributed by atoms with Gasteiger partial charge in [0, 0.05) is 16.1 Å². The summed E-state index contributed by atoms with van der Waals surface area (Å²) in [5.74, 6) is 6.31. The summed E-state index contributed by atoms with van der Waals surface area (Å²) in [6, 6.07) is 6.07. The van der Waals surface area contributed by atoms with Gasteiger partial charge in [0.05, 0.1) is 7.11 Å². The molecule has 0 aliphatic rings. The highest BCUT2D eigenvalue weighted by molar-refractivity contribution is 9.10. The van der Waals surface area contributed by atoms with Crippen molar-refractivity contribution in [3.05, 3.63) is 28.2 Å². The number of hydrogen-bond donors (Lipinski definition) is 2. The van der Waals surface area contributed by atoms with Crippen LogP contribution in [0.15, 0.2) is 22.7 Å². The monoisotopic (exact) mass is 258 g/mol. The summed E-state index contributed by atoms with van der Waals surface area (Å²) in [4.78, 5) is 0. The molecular formula is C10H15BrN2O. The maximum Gasteiger partial charge on any atom is 0.124 e. The fraction of sp³-hybridized carbons (Fsp3) is 0.400. The number of hydrazine groups is 1. The van der Waals surface area contributed by atoms with Crippen molar-refractivity contribution in [2.75, 3.05) is 7.11 Å². The molecule has 1 aromatic rings. The molecule has 0 aliphatic heterocycles. The number of ether oxygens (including phenoxy) is 1. The predicted octanol–water partition coefficient (Wildman–Crippen LogP) is 2.37. The lowest BCUT2D eigenvalue weighted by Crippen LogP contribution is -2.27. The Balaban J connectivity index is 3.06. The Bertz CT molecular complexity index is 300. The fourth-order valence-electron chi connectivity index (χ4n) is 1.40. The Hall–Kier alpha value is -0.580. The topological polar surface area (TPSA) is 47.3 Å². The lowest BCUT2D eigenvalue weighted by Gasteiger charge is -2.17. The molecule has 0 saturated carbocycles. The van der Waals surface area contributed by atoms with Gasteiger partial charge in [-0.25, -0.2) is 0 Å². The Morgan fingerprint density at radius 2 is 2.29 bits per heavy atom. The van der Waals surface area contributed by atoms with Crippen LogP contribution in [0.1, 0.15) is 24.9 Å². The largest absolute Gasteiger partial charge is 0.496 e. The van der Waals surface area contributed by atoms with Crippen LogP contribution in [0.4, 0.5) is 0 Å². The standard InChI is InChI=1S/C10H15BrN2O/c1-3-9(13-12)8-5-4-7(11)6-10(8)14-2/h4-6,9,13H,3,12H2,1-2H3. The summed E-state index contributed by atoms with van der Waals surface area (Å²) >= 11 is 3.40. The van der Waals surface area contributed by atoms with E-state index in [1.165, 1.54) is 0 Å². The van der Waals surface area contributed by atoms with E-state index in [0.717, 1.165) is 22.2 Å². The predicted molar refractivity (Wildman–Crippen MR) is 61.0 cm³/mol. The number of hydrogen-bond acceptors (Lipinski definition) is 3. The second-order valence-corrected chi connectivity index (χ2v) is 3.93. The van der Waals surface area contributed by atoms with E-state index < -0.39 is 0 Å². The van der Waals surface area contributed by atoms with Gasteiger partial charge in [-0.05, 0) is 18.6 Å². The normalized spacial score (nSPS) is 12.6. The summed E-state index contributed by atoms with van der Waals surface area (Å²) in [6.07, 6.45) is 0.925. The molecule has 0 radical (unpaired) electrons. The van der Waals surface area contributed by atoms with Gasteiger partial charge in [0.2, 0.25) is 0 Å². The van der Waals surface area contributed by atoms with Gasteiger partial charge >= 0.3 is 0 Å². The minimum absolute atomic E-state index is 0.137. The summed E-state index contributed by atoms with van der Waals surface area (Å²) in [5, 5.41) is 0. The van der Waals surface area contributed by atoms with E-state index >= 15 is 0 Å². The van der Waals surface area contributed by atoms with Crippen molar-refractivity contribution in [1.82, 2.24) is 5.43 Å². The molecule has 0 heterocycles. The first-order chi connectivity index (χ1) is 6.72. The van der Waals surface area contributed by atoms with Crippen LogP contribution in [0.5, 0.6) is 5.75 Å². The van der Waals surface area contributed by atoms with Crippen molar-refractivity contribution < 1.29 is 4.74 Å². The number of halogens is 1. The summed E-state index contributed by atoms with van der Waals surface area (Å²) in [7, 11) is 1.66. The first-order valence-electron chi connectivity index (χ1n) is 4.52. The van der Waals surface area contributed by atoms with Crippen LogP contribution in [-0.2, 0) is 0 Å². The van der Waals surface area contributed by atoms with Crippen molar-refractivity contribution in [3.8, 4) is 5.75 Å². The highest BCUT2D eigenvalue weighted by Crippen LogP contribution is 2.29. The summed E-state index contributed by atoms with van der Waals surface area (Å²) in [6.45, 7) is 2.08. The fourth-order valence-corrected chi connectivity index (χ4v) is 1.74. The first kappa shape index (κ1) is 11.5. The molecule has 0 aliphatic carbocycles. The minimum Gasteiger partial charge on any atom is -0.496 e. The molecule has 0 aromatic heterocycles. The zero-order valence-electron chi connectivity index (χ0n) is 8.38. The number of rotatable bonds is 4. The molecule has 14 heavy (non-hydrogen) atoms. The molecule has 3 nitrogen and oxygen atoms in total. The third-order valence-electron chi connectivity index (χ3n) is 2.18. The average Bonchev–Trinajstić information content (AvgIpc) is 2.21. The molecule has 0 amide bonds. The number of benzene rings is 1. The van der Waals surface area contributed by atoms with E-state index in [9.17, 15) is 0 Å². The molecule has 1 aromatic carbocycles. The van der Waals surface area contributed by atoms with Gasteiger partial charge in [-0.15, -0.1) is 0 Å². The first-order valence-corrected chi connectivity index (χ1v) is 5.31. The van der Waals surface area contributed by atoms with Crippen molar-refractivity contribution in [3.63, 3.8) is 0 Å². The van der Waals surface area contributed by atoms with E-state index in [4.69, 9.17) is 10.6 Å². The lowest BCUT2D eigenvalue weighted by molar-refractivity contribution is 0.397. The molecule has 0 fully saturated rings. The quantitative estimate of drug-likeness (QED) is 0.644. The average molecular weight is 259 g/mol. The molecule has 1 atom stereocenters. The van der Waals surface area contributed by atoms with Crippen molar-refractivity contribution in [2.45, 2.75) is 19.4 Å². The summed E-state index contributed by atoms with van der Waals surface area (Å²) < 4.78 is 6.29. The van der Waals surface area contributed by atoms with Gasteiger partial charge in [0.25, 0.3) is 0 Å². The van der Waals surface area contributed by atoms with Crippen LogP contribution in [0.25, 0.3) is 0 Å². The highest BCUT2D eigenvalue weighted by atomic mass is 79.9. The zero-order chi connectivity index (χ0) is 10.6. The van der Waals surface area contributed by atoms with Crippen LogP contribution in [-0.4, -0.2) is 7.11 Å². The minimum atomic E-state index is 0.137. The molecule has 3 N–H and O–H groups in total. The third-order valence-corrected chi connectivity index (χ3v) is 2.67. The van der Waals surface area contributed by atoms with E-state index in [2.05, 4.69) is 28.3 Å². The van der Waals surface area contributed by atoms with E-state index in [1.54, 1.807) is 7.11 Å². The van der Waals surface area contributed by atoms with Gasteiger partial charge in [-0.2, -0.15) is 0 Å². The second kappa shape index (κ2) is 5.34. The molecule has 4 heteroatoms. The lowest BCUT2D eigenvalue weighted by atomic mass is 10.0. The highest BCUT2D eigenvalue weighted by Gasteiger charge is 2.12. The van der Waals surface area contributed by atoms with Crippen molar-refractivity contribution in [2.24, 2.45) is 5.84 Å². The van der Waals surface area contributed by atoms with E-state index in [0.29, 0.717) is 0 Å². The summed E-state index contributed by atoms with van der Waals surface area (Å²) in [5.41, 5.74) is 3.85. The van der Waals surface area contributed by atoms with Crippen molar-refractivity contribution >= 4 is 15.9 Å². The van der Waals surface area contributed by atoms with Crippen molar-refractivity contribution in [1.29, 1.82) is 0 Å². The Labute approximate surface area is 92.7 Å². The maximum absolute atomic E-state index is 5.46. The second-order valence-electron chi connectivity index (χ2n) is 3.01. The number of nitrogens with two attached hydrogens (primary N) is 1. The molecule has 78 valence electrons. The Morgan fingerprint density at radius 3 is 2.79 bits per heavy atom. The van der Waals surface area contributed by atoms with Crippen LogP contribution >= 0.6 is 15.9 Å². The Kier molecular flexibility index (Phi) is 4.38. The molecule has 1 unspecified atom stereocenters. The molecule has 0 bridgehead atoms. The van der Waals surface area contributed by atoms with Crippen LogP contribution in [0.2, 0.25) is 0 Å². The van der Waals surface area contributed by atoms with Crippen LogP contribution < -0.4 is 16.0 Å². The SMILES string of the molecule is CCC(NN)c1ccc(Br)cc1OC. The molecular weight excluding hydrogens is 244 g/mol. The van der Waals surface area contributed by atoms with Crippen LogP contribution in [0.3, 0.4) is 0 Å². The van der Waals surface area contributed by atoms with Gasteiger partial charge in [0.15, 0.2) is 0 Å². The van der Waals surface area contributed by atoms with Gasteiger partial charge < -0.3 is 4.74 Å². The number of methoxy groups -OCH3 is 1. The maximum atomic E-state index is 5.46. The van der Waals surface area contributed by atoms with E-state index in [-0.39, 0.29) is 6.04 Å². The third kappa shape index (κ3) is 2.47. The Morgan fingerprint density at radius 1 is 1.57 bits per heavy atom. The van der Waals surface area contributed by atoms with Gasteiger partial charge in [0.1, 0.15) is 5.75 Å². The smallest absolute Gasteiger partial charge is 0.124 e. The van der Waals surface area contributed by atoms with Crippen LogP contribution in [0, 0.1) is 0 Å². The van der Waals surface area contributed by atoms with E-state index in [1.807, 2.05) is 18.2 Å². The number of nitrogens with one attached hydrogen (secondary N) is 1. The molecule has 0 saturated heterocycles. The molecule has 0 spiro atoms. The molecule has 1 rings (SSSR count). The zero-order valence-corrected chi connectivity index (χ0v) is 9.97.